The second-order valence-corrected chi connectivity index (χ2v) is 9.44. The molecular weight excluding hydrogens is 480 g/mol. The molecule has 2 fully saturated rings. The number of amides is 4. The van der Waals surface area contributed by atoms with Gasteiger partial charge in [-0.3, -0.25) is 24.1 Å². The van der Waals surface area contributed by atoms with Crippen LogP contribution in [0.1, 0.15) is 59.8 Å². The number of aliphatic hydroxyl groups is 1. The third-order valence-corrected chi connectivity index (χ3v) is 7.21. The number of imide groups is 1. The molecule has 0 saturated carbocycles. The van der Waals surface area contributed by atoms with E-state index in [2.05, 4.69) is 5.32 Å². The fraction of sp³-hybridized carbons (Fsp3) is 0.346. The van der Waals surface area contributed by atoms with Gasteiger partial charge in [0.2, 0.25) is 5.91 Å². The topological polar surface area (TPSA) is 148 Å². The van der Waals surface area contributed by atoms with Crippen molar-refractivity contribution < 1.29 is 34.2 Å². The lowest BCUT2D eigenvalue weighted by Crippen LogP contribution is -2.57. The minimum Gasteiger partial charge on any atom is -0.478 e. The van der Waals surface area contributed by atoms with Crippen LogP contribution in [0.25, 0.3) is 0 Å². The average Bonchev–Trinajstić information content (AvgIpc) is 3.13. The van der Waals surface area contributed by atoms with E-state index in [0.717, 1.165) is 10.6 Å². The molecule has 2 aromatic rings. The van der Waals surface area contributed by atoms with Crippen molar-refractivity contribution in [2.45, 2.75) is 32.0 Å². The van der Waals surface area contributed by atoms with Gasteiger partial charge in [0.15, 0.2) is 0 Å². The summed E-state index contributed by atoms with van der Waals surface area (Å²) in [5.74, 6) is -2.54. The predicted molar refractivity (Wildman–Crippen MR) is 130 cm³/mol. The van der Waals surface area contributed by atoms with Gasteiger partial charge in [0.1, 0.15) is 6.23 Å². The Labute approximate surface area is 212 Å². The quantitative estimate of drug-likeness (QED) is 0.517. The number of aliphatic hydroxyl groups excluding tert-OH is 1. The number of piperidine rings is 1. The van der Waals surface area contributed by atoms with Crippen LogP contribution in [0.4, 0.5) is 5.69 Å². The maximum absolute atomic E-state index is 13.1. The fourth-order valence-electron chi connectivity index (χ4n) is 5.16. The smallest absolute Gasteiger partial charge is 0.335 e. The Morgan fingerprint density at radius 2 is 1.65 bits per heavy atom. The zero-order valence-electron chi connectivity index (χ0n) is 20.1. The number of anilines is 1. The average molecular weight is 507 g/mol. The summed E-state index contributed by atoms with van der Waals surface area (Å²) in [6.45, 7) is 3.60. The van der Waals surface area contributed by atoms with Crippen molar-refractivity contribution in [3.63, 3.8) is 0 Å². The van der Waals surface area contributed by atoms with Crippen LogP contribution < -0.4 is 10.2 Å². The number of rotatable bonds is 4. The standard InChI is InChI=1S/C26H26N4O7/c1-14-12-15(26(36)37)2-4-17(14)23(33)29-10-8-28(9-11-29)16-3-5-18-19(13-16)25(35)30(24(18)34)20-6-7-21(31)27-22(20)32/h2-5,12-13,20,22,32H,6-11H2,1H3,(H,27,31)(H,36,37). The number of piperazine rings is 1. The summed E-state index contributed by atoms with van der Waals surface area (Å²) in [7, 11) is 0. The highest BCUT2D eigenvalue weighted by atomic mass is 16.4. The molecule has 5 rings (SSSR count). The summed E-state index contributed by atoms with van der Waals surface area (Å²) in [5.41, 5.74) is 2.44. The molecule has 3 N–H and O–H groups in total. The number of hydrogen-bond acceptors (Lipinski definition) is 7. The van der Waals surface area contributed by atoms with E-state index in [-0.39, 0.29) is 41.3 Å². The number of carboxylic acids is 1. The van der Waals surface area contributed by atoms with Gasteiger partial charge >= 0.3 is 5.97 Å². The van der Waals surface area contributed by atoms with Crippen LogP contribution >= 0.6 is 0 Å². The second kappa shape index (κ2) is 9.32. The number of benzene rings is 2. The van der Waals surface area contributed by atoms with Crippen molar-refractivity contribution in [2.75, 3.05) is 31.1 Å². The molecule has 11 heteroatoms. The predicted octanol–water partition coefficient (Wildman–Crippen LogP) is 0.849. The largest absolute Gasteiger partial charge is 0.478 e. The molecule has 4 amide bonds. The zero-order valence-corrected chi connectivity index (χ0v) is 20.1. The summed E-state index contributed by atoms with van der Waals surface area (Å²) >= 11 is 0. The van der Waals surface area contributed by atoms with E-state index >= 15 is 0 Å². The Balaban J connectivity index is 1.27. The summed E-state index contributed by atoms with van der Waals surface area (Å²) in [5, 5.41) is 21.8. The molecule has 3 aliphatic heterocycles. The third-order valence-electron chi connectivity index (χ3n) is 7.21. The van der Waals surface area contributed by atoms with E-state index < -0.39 is 30.1 Å². The lowest BCUT2D eigenvalue weighted by Gasteiger charge is -2.36. The summed E-state index contributed by atoms with van der Waals surface area (Å²) in [6, 6.07) is 8.65. The molecule has 0 bridgehead atoms. The Morgan fingerprint density at radius 3 is 2.30 bits per heavy atom. The maximum atomic E-state index is 13.1. The normalized spacial score (nSPS) is 21.7. The summed E-state index contributed by atoms with van der Waals surface area (Å²) in [6.07, 6.45) is -0.996. The molecule has 3 aliphatic rings. The highest BCUT2D eigenvalue weighted by Gasteiger charge is 2.44. The molecule has 2 atom stereocenters. The Kier molecular flexibility index (Phi) is 6.16. The number of aromatic carboxylic acids is 1. The highest BCUT2D eigenvalue weighted by Crippen LogP contribution is 2.31. The van der Waals surface area contributed by atoms with Crippen molar-refractivity contribution >= 4 is 35.3 Å². The molecule has 3 heterocycles. The van der Waals surface area contributed by atoms with Gasteiger partial charge in [-0.1, -0.05) is 0 Å². The molecule has 2 unspecified atom stereocenters. The Morgan fingerprint density at radius 1 is 0.946 bits per heavy atom. The second-order valence-electron chi connectivity index (χ2n) is 9.44. The van der Waals surface area contributed by atoms with Gasteiger partial charge in [0.25, 0.3) is 17.7 Å². The Hall–Kier alpha value is -4.25. The van der Waals surface area contributed by atoms with Gasteiger partial charge < -0.3 is 25.3 Å². The molecule has 192 valence electrons. The number of hydrogen-bond donors (Lipinski definition) is 3. The number of carbonyl (C=O) groups is 5. The minimum absolute atomic E-state index is 0.118. The van der Waals surface area contributed by atoms with Crippen LogP contribution in [0.5, 0.6) is 0 Å². The van der Waals surface area contributed by atoms with Crippen molar-refractivity contribution in [1.82, 2.24) is 15.1 Å². The van der Waals surface area contributed by atoms with Crippen molar-refractivity contribution in [3.05, 3.63) is 64.2 Å². The van der Waals surface area contributed by atoms with Gasteiger partial charge in [-0.2, -0.15) is 0 Å². The third kappa shape index (κ3) is 4.31. The van der Waals surface area contributed by atoms with Crippen LogP contribution in [0, 0.1) is 6.92 Å². The molecule has 2 saturated heterocycles. The van der Waals surface area contributed by atoms with Crippen LogP contribution in [0.15, 0.2) is 36.4 Å². The Bertz CT molecular complexity index is 1330. The number of nitrogens with one attached hydrogen (secondary N) is 1. The van der Waals surface area contributed by atoms with Crippen LogP contribution in [-0.2, 0) is 4.79 Å². The molecule has 0 radical (unpaired) electrons. The SMILES string of the molecule is Cc1cc(C(=O)O)ccc1C(=O)N1CCN(c2ccc3c(c2)C(=O)N(C2CCC(=O)NC2O)C3=O)CC1. The van der Waals surface area contributed by atoms with Crippen LogP contribution in [-0.4, -0.2) is 88.1 Å². The molecule has 0 aromatic heterocycles. The number of aryl methyl sites for hydroxylation is 1. The summed E-state index contributed by atoms with van der Waals surface area (Å²) < 4.78 is 0. The van der Waals surface area contributed by atoms with E-state index in [4.69, 9.17) is 5.11 Å². The monoisotopic (exact) mass is 506 g/mol. The summed E-state index contributed by atoms with van der Waals surface area (Å²) in [4.78, 5) is 66.6. The molecule has 37 heavy (non-hydrogen) atoms. The molecular formula is C26H26N4O7. The van der Waals surface area contributed by atoms with Crippen LogP contribution in [0.2, 0.25) is 0 Å². The first-order chi connectivity index (χ1) is 17.7. The molecule has 0 spiro atoms. The van der Waals surface area contributed by atoms with Crippen molar-refractivity contribution in [2.24, 2.45) is 0 Å². The van der Waals surface area contributed by atoms with E-state index in [0.29, 0.717) is 37.3 Å². The molecule has 0 aliphatic carbocycles. The fourth-order valence-corrected chi connectivity index (χ4v) is 5.16. The molecule has 2 aromatic carbocycles. The van der Waals surface area contributed by atoms with Gasteiger partial charge in [-0.05, 0) is 55.3 Å². The van der Waals surface area contributed by atoms with Gasteiger partial charge in [0, 0.05) is 43.9 Å². The lowest BCUT2D eigenvalue weighted by atomic mass is 10.0. The van der Waals surface area contributed by atoms with Gasteiger partial charge in [-0.25, -0.2) is 4.79 Å². The number of carboxylic acid groups (broad SMARTS) is 1. The van der Waals surface area contributed by atoms with E-state index in [9.17, 15) is 29.1 Å². The zero-order chi connectivity index (χ0) is 26.4. The van der Waals surface area contributed by atoms with Crippen LogP contribution in [0.3, 0.4) is 0 Å². The lowest BCUT2D eigenvalue weighted by molar-refractivity contribution is -0.129. The van der Waals surface area contributed by atoms with E-state index in [1.54, 1.807) is 30.0 Å². The van der Waals surface area contributed by atoms with Crippen molar-refractivity contribution in [3.8, 4) is 0 Å². The van der Waals surface area contributed by atoms with Crippen molar-refractivity contribution in [1.29, 1.82) is 0 Å². The number of fused-ring (bicyclic) bond motifs is 1. The van der Waals surface area contributed by atoms with Gasteiger partial charge in [0.05, 0.1) is 22.7 Å². The number of nitrogens with zero attached hydrogens (tertiary/aromatic N) is 3. The first-order valence-electron chi connectivity index (χ1n) is 12.0. The maximum Gasteiger partial charge on any atom is 0.335 e. The first kappa shape index (κ1) is 24.4. The minimum atomic E-state index is -1.31. The van der Waals surface area contributed by atoms with E-state index in [1.165, 1.54) is 18.2 Å². The number of carbonyl (C=O) groups excluding carboxylic acids is 4. The molecule has 11 nitrogen and oxygen atoms in total. The highest BCUT2D eigenvalue weighted by molar-refractivity contribution is 6.22. The van der Waals surface area contributed by atoms with E-state index in [1.807, 2.05) is 4.90 Å². The first-order valence-corrected chi connectivity index (χ1v) is 12.0. The van der Waals surface area contributed by atoms with Gasteiger partial charge in [-0.15, -0.1) is 0 Å².